The molecule has 2 aromatic heterocycles. The number of aromatic nitrogens is 6. The Morgan fingerprint density at radius 2 is 2.20 bits per heavy atom. The number of nitrogens with one attached hydrogen (secondary N) is 1. The fraction of sp³-hybridized carbons (Fsp3) is 0.600. The van der Waals surface area contributed by atoms with Crippen molar-refractivity contribution in [2.75, 3.05) is 11.1 Å². The van der Waals surface area contributed by atoms with Crippen LogP contribution in [0.25, 0.3) is 0 Å². The number of carbonyl (C=O) groups excluding carboxylic acids is 1. The van der Waals surface area contributed by atoms with E-state index in [2.05, 4.69) is 31.0 Å². The lowest BCUT2D eigenvalue weighted by atomic mass is 10.4. The first-order chi connectivity index (χ1) is 9.60. The van der Waals surface area contributed by atoms with Crippen LogP contribution in [0.5, 0.6) is 0 Å². The summed E-state index contributed by atoms with van der Waals surface area (Å²) in [5, 5.41) is 24.0. The van der Waals surface area contributed by atoms with Crippen LogP contribution in [-0.2, 0) is 11.2 Å². The van der Waals surface area contributed by atoms with E-state index in [0.29, 0.717) is 10.3 Å². The van der Waals surface area contributed by atoms with Crippen LogP contribution in [0, 0.1) is 0 Å². The van der Waals surface area contributed by atoms with Gasteiger partial charge in [-0.1, -0.05) is 30.0 Å². The summed E-state index contributed by atoms with van der Waals surface area (Å²) < 4.78 is 1.68. The zero-order valence-electron chi connectivity index (χ0n) is 11.4. The Morgan fingerprint density at radius 1 is 1.40 bits per heavy atom. The molecule has 0 saturated carbocycles. The molecule has 0 radical (unpaired) electrons. The molecule has 1 N–H and O–H groups in total. The van der Waals surface area contributed by atoms with Crippen LogP contribution in [-0.4, -0.2) is 42.1 Å². The Hall–Kier alpha value is -1.55. The summed E-state index contributed by atoms with van der Waals surface area (Å²) in [6.07, 6.45) is 0.811. The van der Waals surface area contributed by atoms with E-state index in [1.165, 1.54) is 23.1 Å². The normalized spacial score (nSPS) is 11.0. The number of thioether (sulfide) groups is 1. The molecule has 8 nitrogen and oxygen atoms in total. The lowest BCUT2D eigenvalue weighted by Crippen LogP contribution is -2.15. The molecule has 0 fully saturated rings. The van der Waals surface area contributed by atoms with E-state index in [-0.39, 0.29) is 17.7 Å². The predicted octanol–water partition coefficient (Wildman–Crippen LogP) is 1.40. The second kappa shape index (κ2) is 6.75. The Bertz CT molecular complexity index is 580. The van der Waals surface area contributed by atoms with Gasteiger partial charge in [-0.05, 0) is 30.7 Å². The molecule has 0 atom stereocenters. The van der Waals surface area contributed by atoms with Crippen molar-refractivity contribution in [3.63, 3.8) is 0 Å². The van der Waals surface area contributed by atoms with E-state index in [4.69, 9.17) is 0 Å². The van der Waals surface area contributed by atoms with Crippen molar-refractivity contribution in [1.29, 1.82) is 0 Å². The molecule has 0 saturated heterocycles. The highest BCUT2D eigenvalue weighted by Crippen LogP contribution is 2.19. The van der Waals surface area contributed by atoms with Gasteiger partial charge in [-0.15, -0.1) is 15.3 Å². The number of hydrogen-bond donors (Lipinski definition) is 1. The van der Waals surface area contributed by atoms with Crippen LogP contribution in [0.3, 0.4) is 0 Å². The van der Waals surface area contributed by atoms with Gasteiger partial charge in [0.05, 0.1) is 11.8 Å². The third kappa shape index (κ3) is 3.73. The first-order valence-corrected chi connectivity index (χ1v) is 7.93. The zero-order valence-corrected chi connectivity index (χ0v) is 13.0. The number of aryl methyl sites for hydroxylation is 1. The highest BCUT2D eigenvalue weighted by Gasteiger charge is 2.13. The highest BCUT2D eigenvalue weighted by atomic mass is 32.2. The van der Waals surface area contributed by atoms with Crippen LogP contribution in [0.1, 0.15) is 31.8 Å². The second-order valence-corrected chi connectivity index (χ2v) is 6.20. The number of anilines is 1. The van der Waals surface area contributed by atoms with Gasteiger partial charge in [0.1, 0.15) is 5.01 Å². The van der Waals surface area contributed by atoms with E-state index in [9.17, 15) is 4.79 Å². The first kappa shape index (κ1) is 14.9. The largest absolute Gasteiger partial charge is 0.300 e. The Kier molecular flexibility index (Phi) is 5.01. The van der Waals surface area contributed by atoms with Gasteiger partial charge in [0, 0.05) is 0 Å². The van der Waals surface area contributed by atoms with Crippen molar-refractivity contribution in [2.24, 2.45) is 0 Å². The first-order valence-electron chi connectivity index (χ1n) is 6.13. The molecule has 10 heteroatoms. The van der Waals surface area contributed by atoms with Crippen molar-refractivity contribution in [3.8, 4) is 0 Å². The topological polar surface area (TPSA) is 98.5 Å². The van der Waals surface area contributed by atoms with Gasteiger partial charge >= 0.3 is 0 Å². The lowest BCUT2D eigenvalue weighted by molar-refractivity contribution is -0.113. The lowest BCUT2D eigenvalue weighted by Gasteiger charge is -2.06. The molecule has 1 amide bonds. The molecular formula is C10H15N7OS2. The van der Waals surface area contributed by atoms with E-state index in [0.717, 1.165) is 11.4 Å². The van der Waals surface area contributed by atoms with E-state index in [1.807, 2.05) is 20.8 Å². The van der Waals surface area contributed by atoms with Crippen LogP contribution < -0.4 is 5.32 Å². The molecule has 20 heavy (non-hydrogen) atoms. The van der Waals surface area contributed by atoms with Crippen LogP contribution in [0.15, 0.2) is 5.16 Å². The Labute approximate surface area is 124 Å². The fourth-order valence-corrected chi connectivity index (χ4v) is 2.84. The molecule has 0 aliphatic rings. The minimum atomic E-state index is -0.146. The van der Waals surface area contributed by atoms with Crippen LogP contribution in [0.2, 0.25) is 0 Å². The molecule has 0 aliphatic heterocycles. The van der Waals surface area contributed by atoms with E-state index < -0.39 is 0 Å². The molecular weight excluding hydrogens is 298 g/mol. The standard InChI is InChI=1S/C10H15N7OS2/c1-4-8-12-13-9(20-8)11-7(18)5-19-10-14-15-16-17(10)6(2)3/h6H,4-5H2,1-3H3,(H,11,13,18). The molecule has 0 aromatic carbocycles. The molecule has 0 bridgehead atoms. The van der Waals surface area contributed by atoms with Gasteiger partial charge in [0.25, 0.3) is 0 Å². The summed E-state index contributed by atoms with van der Waals surface area (Å²) >= 11 is 2.68. The predicted molar refractivity (Wildman–Crippen MR) is 76.8 cm³/mol. The van der Waals surface area contributed by atoms with Gasteiger partial charge in [-0.3, -0.25) is 10.1 Å². The molecule has 0 aliphatic carbocycles. The Morgan fingerprint density at radius 3 is 2.85 bits per heavy atom. The minimum absolute atomic E-state index is 0.146. The third-order valence-corrected chi connectivity index (χ3v) is 4.22. The number of tetrazole rings is 1. The molecule has 2 rings (SSSR count). The van der Waals surface area contributed by atoms with E-state index in [1.54, 1.807) is 4.68 Å². The number of amides is 1. The summed E-state index contributed by atoms with van der Waals surface area (Å²) in [5.41, 5.74) is 0. The molecule has 2 aromatic rings. The number of hydrogen-bond acceptors (Lipinski definition) is 8. The maximum absolute atomic E-state index is 11.8. The third-order valence-electron chi connectivity index (χ3n) is 2.30. The summed E-state index contributed by atoms with van der Waals surface area (Å²) in [7, 11) is 0. The van der Waals surface area contributed by atoms with Gasteiger partial charge in [-0.25, -0.2) is 4.68 Å². The quantitative estimate of drug-likeness (QED) is 0.805. The Balaban J connectivity index is 1.87. The van der Waals surface area contributed by atoms with Gasteiger partial charge < -0.3 is 0 Å². The van der Waals surface area contributed by atoms with Crippen molar-refractivity contribution in [2.45, 2.75) is 38.4 Å². The van der Waals surface area contributed by atoms with Crippen molar-refractivity contribution < 1.29 is 4.79 Å². The maximum Gasteiger partial charge on any atom is 0.236 e. The molecule has 0 unspecified atom stereocenters. The molecule has 2 heterocycles. The van der Waals surface area contributed by atoms with E-state index >= 15 is 0 Å². The summed E-state index contributed by atoms with van der Waals surface area (Å²) in [6.45, 7) is 5.95. The van der Waals surface area contributed by atoms with Gasteiger partial charge in [0.15, 0.2) is 0 Å². The maximum atomic E-state index is 11.8. The van der Waals surface area contributed by atoms with Crippen molar-refractivity contribution in [3.05, 3.63) is 5.01 Å². The summed E-state index contributed by atoms with van der Waals surface area (Å²) in [6, 6.07) is 0.158. The van der Waals surface area contributed by atoms with Crippen LogP contribution in [0.4, 0.5) is 5.13 Å². The fourth-order valence-electron chi connectivity index (χ4n) is 1.34. The smallest absolute Gasteiger partial charge is 0.236 e. The average Bonchev–Trinajstić information content (AvgIpc) is 3.04. The van der Waals surface area contributed by atoms with Crippen LogP contribution >= 0.6 is 23.1 Å². The van der Waals surface area contributed by atoms with Crippen molar-refractivity contribution in [1.82, 2.24) is 30.4 Å². The summed E-state index contributed by atoms with van der Waals surface area (Å²) in [5.74, 6) is 0.0841. The second-order valence-electron chi connectivity index (χ2n) is 4.19. The number of carbonyl (C=O) groups is 1. The van der Waals surface area contributed by atoms with Gasteiger partial charge in [0.2, 0.25) is 16.2 Å². The zero-order chi connectivity index (χ0) is 14.5. The minimum Gasteiger partial charge on any atom is -0.300 e. The number of rotatable bonds is 6. The monoisotopic (exact) mass is 313 g/mol. The SMILES string of the molecule is CCc1nnc(NC(=O)CSc2nnnn2C(C)C)s1. The van der Waals surface area contributed by atoms with Gasteiger partial charge in [-0.2, -0.15) is 0 Å². The van der Waals surface area contributed by atoms with Crippen molar-refractivity contribution >= 4 is 34.1 Å². The molecule has 108 valence electrons. The number of nitrogens with zero attached hydrogens (tertiary/aromatic N) is 6. The summed E-state index contributed by atoms with van der Waals surface area (Å²) in [4.78, 5) is 11.8. The highest BCUT2D eigenvalue weighted by molar-refractivity contribution is 7.99. The molecule has 0 spiro atoms. The average molecular weight is 313 g/mol.